The average molecular weight is 293 g/mol. The highest BCUT2D eigenvalue weighted by atomic mass is 79.9. The second-order valence-electron chi connectivity index (χ2n) is 3.67. The van der Waals surface area contributed by atoms with Crippen LogP contribution in [0.2, 0.25) is 0 Å². The van der Waals surface area contributed by atoms with E-state index in [-0.39, 0.29) is 11.3 Å². The van der Waals surface area contributed by atoms with Gasteiger partial charge in [-0.25, -0.2) is 0 Å². The van der Waals surface area contributed by atoms with E-state index in [2.05, 4.69) is 21.2 Å². The van der Waals surface area contributed by atoms with Gasteiger partial charge in [-0.15, -0.1) is 11.6 Å². The zero-order valence-electron chi connectivity index (χ0n) is 8.00. The summed E-state index contributed by atoms with van der Waals surface area (Å²) in [5.74, 6) is 0.670. The zero-order valence-corrected chi connectivity index (χ0v) is 10.3. The molecule has 3 nitrogen and oxygen atoms in total. The number of rotatable bonds is 4. The quantitative estimate of drug-likeness (QED) is 0.867. The maximum absolute atomic E-state index is 11.5. The molecule has 2 rings (SSSR count). The Morgan fingerprint density at radius 1 is 1.67 bits per heavy atom. The Kier molecular flexibility index (Phi) is 3.36. The molecule has 5 heteroatoms. The molecule has 1 saturated carbocycles. The summed E-state index contributed by atoms with van der Waals surface area (Å²) < 4.78 is 5.67. The van der Waals surface area contributed by atoms with Crippen molar-refractivity contribution >= 4 is 33.4 Å². The normalized spacial score (nSPS) is 17.5. The summed E-state index contributed by atoms with van der Waals surface area (Å²) in [7, 11) is 0. The lowest BCUT2D eigenvalue weighted by molar-refractivity contribution is 0.0924. The number of furan rings is 1. The minimum atomic E-state index is -0.216. The van der Waals surface area contributed by atoms with Crippen LogP contribution in [0.1, 0.15) is 23.4 Å². The fraction of sp³-hybridized carbons (Fsp3) is 0.500. The lowest BCUT2D eigenvalue weighted by Gasteiger charge is -2.07. The van der Waals surface area contributed by atoms with Crippen molar-refractivity contribution in [2.24, 2.45) is 5.92 Å². The van der Waals surface area contributed by atoms with Crippen LogP contribution in [0, 0.1) is 5.92 Å². The van der Waals surface area contributed by atoms with Gasteiger partial charge in [0.25, 0.3) is 5.91 Å². The molecule has 82 valence electrons. The molecule has 0 radical (unpaired) electrons. The highest BCUT2D eigenvalue weighted by Gasteiger charge is 2.29. The van der Waals surface area contributed by atoms with Crippen LogP contribution in [0.15, 0.2) is 21.2 Å². The van der Waals surface area contributed by atoms with Crippen molar-refractivity contribution < 1.29 is 9.21 Å². The summed E-state index contributed by atoms with van der Waals surface area (Å²) in [6, 6.07) is 3.31. The summed E-state index contributed by atoms with van der Waals surface area (Å²) >= 11 is 9.20. The molecular formula is C10H11BrClNO2. The lowest BCUT2D eigenvalue weighted by atomic mass is 10.3. The molecule has 0 aliphatic heterocycles. The van der Waals surface area contributed by atoms with Crippen LogP contribution in [0.5, 0.6) is 0 Å². The lowest BCUT2D eigenvalue weighted by Crippen LogP contribution is -2.30. The monoisotopic (exact) mass is 291 g/mol. The predicted molar refractivity (Wildman–Crippen MR) is 61.1 cm³/mol. The Hall–Kier alpha value is -0.480. The molecule has 1 heterocycles. The van der Waals surface area contributed by atoms with Crippen LogP contribution in [0.4, 0.5) is 0 Å². The Balaban J connectivity index is 1.81. The van der Waals surface area contributed by atoms with Gasteiger partial charge in [0.1, 0.15) is 0 Å². The first-order valence-electron chi connectivity index (χ1n) is 4.84. The van der Waals surface area contributed by atoms with Crippen LogP contribution in [0.3, 0.4) is 0 Å². The molecule has 1 unspecified atom stereocenters. The van der Waals surface area contributed by atoms with E-state index in [1.54, 1.807) is 12.1 Å². The highest BCUT2D eigenvalue weighted by molar-refractivity contribution is 9.10. The molecule has 1 aliphatic rings. The molecule has 1 aliphatic carbocycles. The van der Waals surface area contributed by atoms with E-state index in [9.17, 15) is 4.79 Å². The van der Waals surface area contributed by atoms with Gasteiger partial charge in [-0.05, 0) is 46.8 Å². The second-order valence-corrected chi connectivity index (χ2v) is 5.01. The van der Waals surface area contributed by atoms with Crippen LogP contribution < -0.4 is 5.32 Å². The van der Waals surface area contributed by atoms with E-state index in [1.807, 2.05) is 0 Å². The van der Waals surface area contributed by atoms with Crippen molar-refractivity contribution in [2.75, 3.05) is 6.54 Å². The molecule has 0 spiro atoms. The Morgan fingerprint density at radius 2 is 2.40 bits per heavy atom. The van der Waals surface area contributed by atoms with E-state index >= 15 is 0 Å². The number of alkyl halides is 1. The van der Waals surface area contributed by atoms with Crippen molar-refractivity contribution in [3.8, 4) is 0 Å². The number of hydrogen-bond donors (Lipinski definition) is 1. The molecule has 15 heavy (non-hydrogen) atoms. The Labute approximate surface area is 101 Å². The molecule has 1 atom stereocenters. The van der Waals surface area contributed by atoms with Crippen LogP contribution in [0.25, 0.3) is 0 Å². The smallest absolute Gasteiger partial charge is 0.287 e. The summed E-state index contributed by atoms with van der Waals surface area (Å²) in [4.78, 5) is 11.5. The zero-order chi connectivity index (χ0) is 10.8. The second kappa shape index (κ2) is 4.58. The van der Waals surface area contributed by atoms with E-state index in [1.165, 1.54) is 12.8 Å². The van der Waals surface area contributed by atoms with Crippen molar-refractivity contribution in [2.45, 2.75) is 18.2 Å². The standard InChI is InChI=1S/C10H11BrClNO2/c11-9-4-3-8(15-9)10(14)13-5-7(12)6-1-2-6/h3-4,6-7H,1-2,5H2,(H,13,14). The number of carbonyl (C=O) groups is 1. The number of amides is 1. The third-order valence-electron chi connectivity index (χ3n) is 2.39. The number of halogens is 2. The van der Waals surface area contributed by atoms with E-state index < -0.39 is 0 Å². The summed E-state index contributed by atoms with van der Waals surface area (Å²) in [6.45, 7) is 0.503. The van der Waals surface area contributed by atoms with E-state index in [0.717, 1.165) is 0 Å². The molecule has 1 aromatic rings. The van der Waals surface area contributed by atoms with Gasteiger partial charge in [-0.1, -0.05) is 0 Å². The minimum absolute atomic E-state index is 0.0485. The molecule has 0 aromatic carbocycles. The van der Waals surface area contributed by atoms with E-state index in [0.29, 0.717) is 22.9 Å². The van der Waals surface area contributed by atoms with Gasteiger partial charge < -0.3 is 9.73 Å². The first-order valence-corrected chi connectivity index (χ1v) is 6.07. The Bertz CT molecular complexity index is 362. The Morgan fingerprint density at radius 3 is 2.93 bits per heavy atom. The molecule has 1 N–H and O–H groups in total. The third-order valence-corrected chi connectivity index (χ3v) is 3.32. The first-order chi connectivity index (χ1) is 7.16. The third kappa shape index (κ3) is 2.98. The molecule has 0 saturated heterocycles. The summed E-state index contributed by atoms with van der Waals surface area (Å²) in [6.07, 6.45) is 2.35. The van der Waals surface area contributed by atoms with Crippen molar-refractivity contribution in [3.05, 3.63) is 22.6 Å². The predicted octanol–water partition coefficient (Wildman–Crippen LogP) is 2.79. The van der Waals surface area contributed by atoms with Gasteiger partial charge in [-0.3, -0.25) is 4.79 Å². The first kappa shape index (κ1) is 11.0. The minimum Gasteiger partial charge on any atom is -0.444 e. The topological polar surface area (TPSA) is 42.2 Å². The molecular weight excluding hydrogens is 281 g/mol. The largest absolute Gasteiger partial charge is 0.444 e. The average Bonchev–Trinajstić information content (AvgIpc) is 2.97. The number of nitrogens with one attached hydrogen (secondary N) is 1. The maximum atomic E-state index is 11.5. The molecule has 1 fully saturated rings. The van der Waals surface area contributed by atoms with Gasteiger partial charge >= 0.3 is 0 Å². The van der Waals surface area contributed by atoms with Crippen molar-refractivity contribution in [1.29, 1.82) is 0 Å². The van der Waals surface area contributed by atoms with Crippen LogP contribution >= 0.6 is 27.5 Å². The van der Waals surface area contributed by atoms with Gasteiger partial charge in [-0.2, -0.15) is 0 Å². The van der Waals surface area contributed by atoms with E-state index in [4.69, 9.17) is 16.0 Å². The number of carbonyl (C=O) groups excluding carboxylic acids is 1. The molecule has 1 aromatic heterocycles. The SMILES string of the molecule is O=C(NCC(Cl)C1CC1)c1ccc(Br)o1. The van der Waals surface area contributed by atoms with Crippen molar-refractivity contribution in [1.82, 2.24) is 5.32 Å². The molecule has 0 bridgehead atoms. The van der Waals surface area contributed by atoms with Gasteiger partial charge in [0.15, 0.2) is 10.4 Å². The summed E-state index contributed by atoms with van der Waals surface area (Å²) in [5, 5.41) is 2.80. The van der Waals surface area contributed by atoms with Crippen LogP contribution in [-0.2, 0) is 0 Å². The van der Waals surface area contributed by atoms with Crippen molar-refractivity contribution in [3.63, 3.8) is 0 Å². The summed E-state index contributed by atoms with van der Waals surface area (Å²) in [5.41, 5.74) is 0. The fourth-order valence-corrected chi connectivity index (χ4v) is 1.97. The number of hydrogen-bond acceptors (Lipinski definition) is 2. The maximum Gasteiger partial charge on any atom is 0.287 e. The van der Waals surface area contributed by atoms with Gasteiger partial charge in [0.2, 0.25) is 0 Å². The molecule has 1 amide bonds. The van der Waals surface area contributed by atoms with Crippen LogP contribution in [-0.4, -0.2) is 17.8 Å². The fourth-order valence-electron chi connectivity index (χ4n) is 1.34. The highest BCUT2D eigenvalue weighted by Crippen LogP contribution is 2.35. The van der Waals surface area contributed by atoms with Gasteiger partial charge in [0.05, 0.1) is 5.38 Å². The van der Waals surface area contributed by atoms with Gasteiger partial charge in [0, 0.05) is 6.54 Å².